The molecule has 0 aliphatic carbocycles. The first-order chi connectivity index (χ1) is 12.6. The Kier molecular flexibility index (Phi) is 4.48. The molecule has 0 aliphatic heterocycles. The smallest absolute Gasteiger partial charge is 0.258 e. The summed E-state index contributed by atoms with van der Waals surface area (Å²) in [5, 5.41) is 10.2. The van der Waals surface area contributed by atoms with E-state index in [0.717, 1.165) is 16.7 Å². The number of nitrogens with one attached hydrogen (secondary N) is 1. The maximum Gasteiger partial charge on any atom is 0.258 e. The van der Waals surface area contributed by atoms with Gasteiger partial charge in [-0.05, 0) is 37.3 Å². The molecule has 4 rings (SSSR count). The van der Waals surface area contributed by atoms with Gasteiger partial charge in [0.15, 0.2) is 5.16 Å². The lowest BCUT2D eigenvalue weighted by molar-refractivity contribution is 0.866. The van der Waals surface area contributed by atoms with E-state index in [1.54, 1.807) is 18.2 Å². The lowest BCUT2D eigenvalue weighted by Crippen LogP contribution is -2.11. The molecule has 0 aliphatic rings. The van der Waals surface area contributed by atoms with Crippen LogP contribution in [0.15, 0.2) is 58.5 Å². The van der Waals surface area contributed by atoms with Gasteiger partial charge in [0, 0.05) is 10.7 Å². The second-order valence-corrected chi connectivity index (χ2v) is 7.04. The fourth-order valence-electron chi connectivity index (χ4n) is 2.67. The summed E-state index contributed by atoms with van der Waals surface area (Å²) in [7, 11) is 0. The van der Waals surface area contributed by atoms with Crippen molar-refractivity contribution in [2.45, 2.75) is 17.8 Å². The Labute approximate surface area is 158 Å². The summed E-state index contributed by atoms with van der Waals surface area (Å²) in [5.41, 5.74) is 1.39. The second-order valence-electron chi connectivity index (χ2n) is 5.66. The van der Waals surface area contributed by atoms with Crippen molar-refractivity contribution in [3.05, 3.63) is 75.6 Å². The average Bonchev–Trinajstić information content (AvgIpc) is 3.01. The van der Waals surface area contributed by atoms with E-state index in [0.29, 0.717) is 27.5 Å². The van der Waals surface area contributed by atoms with Crippen LogP contribution in [0.2, 0.25) is 5.02 Å². The number of H-pyrrole nitrogens is 1. The fourth-order valence-corrected chi connectivity index (χ4v) is 3.71. The number of para-hydroxylation sites is 1. The molecule has 6 nitrogen and oxygen atoms in total. The number of rotatable bonds is 4. The van der Waals surface area contributed by atoms with E-state index in [4.69, 9.17) is 11.6 Å². The third-order valence-electron chi connectivity index (χ3n) is 3.87. The van der Waals surface area contributed by atoms with E-state index in [1.807, 2.05) is 41.8 Å². The zero-order valence-corrected chi connectivity index (χ0v) is 15.4. The zero-order valence-electron chi connectivity index (χ0n) is 13.8. The van der Waals surface area contributed by atoms with Crippen LogP contribution >= 0.6 is 23.4 Å². The summed E-state index contributed by atoms with van der Waals surface area (Å²) >= 11 is 7.47. The van der Waals surface area contributed by atoms with E-state index in [2.05, 4.69) is 20.2 Å². The van der Waals surface area contributed by atoms with Gasteiger partial charge in [0.05, 0.1) is 16.7 Å². The van der Waals surface area contributed by atoms with Crippen molar-refractivity contribution in [1.82, 2.24) is 24.7 Å². The monoisotopic (exact) mass is 383 g/mol. The highest BCUT2D eigenvalue weighted by molar-refractivity contribution is 7.98. The van der Waals surface area contributed by atoms with Crippen molar-refractivity contribution in [3.63, 3.8) is 0 Å². The molecular formula is C18H14ClN5OS. The van der Waals surface area contributed by atoms with Gasteiger partial charge in [-0.25, -0.2) is 4.98 Å². The molecule has 0 saturated heterocycles. The van der Waals surface area contributed by atoms with Crippen LogP contribution in [0.1, 0.15) is 11.6 Å². The number of thioether (sulfide) groups is 1. The highest BCUT2D eigenvalue weighted by Crippen LogP contribution is 2.24. The van der Waals surface area contributed by atoms with Crippen molar-refractivity contribution in [2.75, 3.05) is 0 Å². The maximum atomic E-state index is 12.2. The van der Waals surface area contributed by atoms with Gasteiger partial charge in [0.25, 0.3) is 5.56 Å². The minimum Gasteiger partial charge on any atom is -0.309 e. The van der Waals surface area contributed by atoms with Gasteiger partial charge in [-0.15, -0.1) is 10.2 Å². The molecule has 0 amide bonds. The van der Waals surface area contributed by atoms with E-state index in [9.17, 15) is 4.79 Å². The van der Waals surface area contributed by atoms with E-state index in [-0.39, 0.29) is 5.56 Å². The third-order valence-corrected chi connectivity index (χ3v) is 5.04. The van der Waals surface area contributed by atoms with Crippen molar-refractivity contribution in [1.29, 1.82) is 0 Å². The van der Waals surface area contributed by atoms with Crippen LogP contribution in [0.25, 0.3) is 16.6 Å². The van der Waals surface area contributed by atoms with Gasteiger partial charge in [0.1, 0.15) is 11.6 Å². The van der Waals surface area contributed by atoms with Crippen LogP contribution < -0.4 is 5.56 Å². The van der Waals surface area contributed by atoms with Crippen LogP contribution in [-0.2, 0) is 5.75 Å². The SMILES string of the molecule is Cc1nnc(SCc2nc3cc(Cl)ccc3c(=O)[nH]2)n1-c1ccccc1. The van der Waals surface area contributed by atoms with Gasteiger partial charge in [-0.1, -0.05) is 41.6 Å². The molecule has 2 aromatic carbocycles. The molecule has 0 bridgehead atoms. The Bertz CT molecular complexity index is 1140. The number of fused-ring (bicyclic) bond motifs is 1. The maximum absolute atomic E-state index is 12.2. The Balaban J connectivity index is 1.65. The highest BCUT2D eigenvalue weighted by atomic mass is 35.5. The minimum absolute atomic E-state index is 0.178. The molecule has 26 heavy (non-hydrogen) atoms. The molecule has 0 radical (unpaired) electrons. The fraction of sp³-hybridized carbons (Fsp3) is 0.111. The molecule has 4 aromatic rings. The van der Waals surface area contributed by atoms with Crippen LogP contribution in [0, 0.1) is 6.92 Å². The summed E-state index contributed by atoms with van der Waals surface area (Å²) in [6.07, 6.45) is 0. The zero-order chi connectivity index (χ0) is 18.1. The quantitative estimate of drug-likeness (QED) is 0.543. The number of hydrogen-bond donors (Lipinski definition) is 1. The molecule has 1 N–H and O–H groups in total. The number of halogens is 1. The van der Waals surface area contributed by atoms with E-state index < -0.39 is 0 Å². The van der Waals surface area contributed by atoms with Gasteiger partial charge in [0.2, 0.25) is 0 Å². The van der Waals surface area contributed by atoms with Crippen LogP contribution in [0.4, 0.5) is 0 Å². The van der Waals surface area contributed by atoms with Crippen molar-refractivity contribution in [3.8, 4) is 5.69 Å². The number of aryl methyl sites for hydroxylation is 1. The predicted molar refractivity (Wildman–Crippen MR) is 103 cm³/mol. The highest BCUT2D eigenvalue weighted by Gasteiger charge is 2.12. The number of aromatic amines is 1. The number of benzene rings is 2. The summed E-state index contributed by atoms with van der Waals surface area (Å²) in [6, 6.07) is 14.9. The predicted octanol–water partition coefficient (Wildman–Crippen LogP) is 3.76. The van der Waals surface area contributed by atoms with E-state index in [1.165, 1.54) is 11.8 Å². The second kappa shape index (κ2) is 6.93. The molecule has 130 valence electrons. The Hall–Kier alpha value is -2.64. The molecule has 2 heterocycles. The van der Waals surface area contributed by atoms with Gasteiger partial charge in [-0.2, -0.15) is 0 Å². The largest absolute Gasteiger partial charge is 0.309 e. The molecule has 0 atom stereocenters. The normalized spacial score (nSPS) is 11.2. The van der Waals surface area contributed by atoms with Crippen molar-refractivity contribution < 1.29 is 0 Å². The standard InChI is InChI=1S/C18H14ClN5OS/c1-11-22-23-18(24(11)13-5-3-2-4-6-13)26-10-16-20-15-9-12(19)7-8-14(15)17(25)21-16/h2-9H,10H2,1H3,(H,20,21,25). The molecule has 0 saturated carbocycles. The summed E-state index contributed by atoms with van der Waals surface area (Å²) in [5.74, 6) is 1.82. The topological polar surface area (TPSA) is 76.5 Å². The lowest BCUT2D eigenvalue weighted by Gasteiger charge is -2.08. The first-order valence-electron chi connectivity index (χ1n) is 7.90. The number of hydrogen-bond acceptors (Lipinski definition) is 5. The summed E-state index contributed by atoms with van der Waals surface area (Å²) in [4.78, 5) is 19.6. The first-order valence-corrected chi connectivity index (χ1v) is 9.27. The Morgan fingerprint density at radius 1 is 1.15 bits per heavy atom. The van der Waals surface area contributed by atoms with Crippen molar-refractivity contribution in [2.24, 2.45) is 0 Å². The Morgan fingerprint density at radius 3 is 2.77 bits per heavy atom. The van der Waals surface area contributed by atoms with Gasteiger partial charge >= 0.3 is 0 Å². The van der Waals surface area contributed by atoms with Crippen LogP contribution in [0.5, 0.6) is 0 Å². The number of aromatic nitrogens is 5. The molecule has 8 heteroatoms. The minimum atomic E-state index is -0.178. The van der Waals surface area contributed by atoms with Crippen LogP contribution in [-0.4, -0.2) is 24.7 Å². The van der Waals surface area contributed by atoms with Gasteiger partial charge < -0.3 is 4.98 Å². The summed E-state index contributed by atoms with van der Waals surface area (Å²) < 4.78 is 1.97. The van der Waals surface area contributed by atoms with Crippen LogP contribution in [0.3, 0.4) is 0 Å². The molecule has 0 unspecified atom stereocenters. The average molecular weight is 384 g/mol. The Morgan fingerprint density at radius 2 is 1.96 bits per heavy atom. The summed E-state index contributed by atoms with van der Waals surface area (Å²) in [6.45, 7) is 1.90. The molecule has 2 aromatic heterocycles. The molecular weight excluding hydrogens is 370 g/mol. The van der Waals surface area contributed by atoms with Gasteiger partial charge in [-0.3, -0.25) is 9.36 Å². The van der Waals surface area contributed by atoms with Crippen molar-refractivity contribution >= 4 is 34.3 Å². The lowest BCUT2D eigenvalue weighted by atomic mass is 10.2. The third kappa shape index (κ3) is 3.23. The van der Waals surface area contributed by atoms with E-state index >= 15 is 0 Å². The molecule has 0 fully saturated rings. The molecule has 0 spiro atoms. The number of nitrogens with zero attached hydrogens (tertiary/aromatic N) is 4. The first kappa shape index (κ1) is 16.8.